The van der Waals surface area contributed by atoms with E-state index in [1.54, 1.807) is 18.2 Å². The van der Waals surface area contributed by atoms with Crippen LogP contribution in [0, 0.1) is 3.57 Å². The molecule has 0 radical (unpaired) electrons. The Labute approximate surface area is 160 Å². The minimum Gasteiger partial charge on any atom is -0.479 e. The van der Waals surface area contributed by atoms with E-state index in [0.717, 1.165) is 0 Å². The summed E-state index contributed by atoms with van der Waals surface area (Å²) in [6.45, 7) is 0. The summed E-state index contributed by atoms with van der Waals surface area (Å²) >= 11 is 8.13. The number of nitrogens with zero attached hydrogens (tertiary/aromatic N) is 1. The molecule has 0 aliphatic carbocycles. The predicted octanol–water partition coefficient (Wildman–Crippen LogP) is 0.764. The first-order valence-corrected chi connectivity index (χ1v) is 8.58. The highest BCUT2D eigenvalue weighted by atomic mass is 123. The number of hydrogen-bond donors (Lipinski definition) is 4. The number of carboxylic acids is 1. The number of pyridine rings is 1. The van der Waals surface area contributed by atoms with E-state index in [2.05, 4.69) is 4.98 Å². The smallest absolute Gasteiger partial charge is 0.335 e. The Morgan fingerprint density at radius 3 is 2.68 bits per heavy atom. The van der Waals surface area contributed by atoms with Crippen LogP contribution in [0.25, 0.3) is 10.9 Å². The van der Waals surface area contributed by atoms with Gasteiger partial charge in [-0.05, 0) is 40.8 Å². The predicted molar refractivity (Wildman–Crippen MR) is 94.4 cm³/mol. The maximum Gasteiger partial charge on any atom is 0.335 e. The van der Waals surface area contributed by atoms with Crippen molar-refractivity contribution in [2.45, 2.75) is 30.7 Å². The summed E-state index contributed by atoms with van der Waals surface area (Å²) in [5, 5.41) is 39.8. The molecule has 25 heavy (non-hydrogen) atoms. The number of aromatic nitrogens is 1. The average Bonchev–Trinajstić information content (AvgIpc) is 2.58. The van der Waals surface area contributed by atoms with Crippen molar-refractivity contribution in [1.29, 1.82) is 0 Å². The number of ether oxygens (including phenoxy) is 2. The molecule has 134 valence electrons. The van der Waals surface area contributed by atoms with E-state index in [0.29, 0.717) is 19.5 Å². The van der Waals surface area contributed by atoms with Crippen molar-refractivity contribution in [1.82, 2.24) is 4.98 Å². The van der Waals surface area contributed by atoms with Gasteiger partial charge in [0.15, 0.2) is 11.9 Å². The Bertz CT molecular complexity index is 820. The van der Waals surface area contributed by atoms with Crippen LogP contribution in [0.1, 0.15) is 0 Å². The Hall–Kier alpha value is -1.24. The van der Waals surface area contributed by atoms with Crippen molar-refractivity contribution < 1.29 is 34.7 Å². The lowest BCUT2D eigenvalue weighted by Gasteiger charge is -2.38. The Balaban J connectivity index is 1.99. The zero-order valence-electron chi connectivity index (χ0n) is 12.4. The molecule has 1 aromatic carbocycles. The lowest BCUT2D eigenvalue weighted by Crippen LogP contribution is -2.61. The van der Waals surface area contributed by atoms with Gasteiger partial charge in [0.25, 0.3) is 0 Å². The van der Waals surface area contributed by atoms with Crippen molar-refractivity contribution in [3.8, 4) is 5.75 Å². The molecule has 0 spiro atoms. The summed E-state index contributed by atoms with van der Waals surface area (Å²) in [4.78, 5) is 15.4. The van der Waals surface area contributed by atoms with E-state index in [1.807, 2.05) is 22.6 Å². The van der Waals surface area contributed by atoms with Crippen LogP contribution in [-0.4, -0.2) is 62.1 Å². The van der Waals surface area contributed by atoms with Gasteiger partial charge >= 0.3 is 5.97 Å². The summed E-state index contributed by atoms with van der Waals surface area (Å²) in [5.74, 6) is -1.27. The van der Waals surface area contributed by atoms with Crippen LogP contribution in [0.2, 0.25) is 5.02 Å². The van der Waals surface area contributed by atoms with Gasteiger partial charge in [-0.2, -0.15) is 0 Å². The molecule has 0 amide bonds. The lowest BCUT2D eigenvalue weighted by molar-refractivity contribution is -0.271. The highest BCUT2D eigenvalue weighted by Gasteiger charge is 2.48. The van der Waals surface area contributed by atoms with Gasteiger partial charge in [-0.3, -0.25) is 4.98 Å². The number of benzene rings is 1. The first-order valence-electron chi connectivity index (χ1n) is 7.13. The zero-order valence-corrected chi connectivity index (χ0v) is 15.3. The lowest BCUT2D eigenvalue weighted by atomic mass is 9.99. The van der Waals surface area contributed by atoms with Gasteiger partial charge < -0.3 is 29.9 Å². The monoisotopic (exact) mass is 477 g/mol. The van der Waals surface area contributed by atoms with Gasteiger partial charge in [-0.25, -0.2) is 4.79 Å². The van der Waals surface area contributed by atoms with Crippen molar-refractivity contribution in [2.75, 3.05) is 0 Å². The number of fused-ring (bicyclic) bond motifs is 1. The molecule has 1 saturated heterocycles. The molecule has 2 aromatic rings. The van der Waals surface area contributed by atoms with E-state index < -0.39 is 36.7 Å². The molecule has 8 nitrogen and oxygen atoms in total. The standard InChI is InChI=1S/C15H13ClINO7/c16-6-4-7(17)12(8-5(6)2-1-3-18-8)24-15-11(21)9(19)10(20)13(25-15)14(22)23/h1-4,9-11,13,15,19-21H,(H,22,23)/t9-,10-,11+,13-,15?/m0/s1/i17-4. The van der Waals surface area contributed by atoms with Gasteiger partial charge in [0.1, 0.15) is 23.8 Å². The summed E-state index contributed by atoms with van der Waals surface area (Å²) in [6, 6.07) is 5.04. The number of halogens is 2. The van der Waals surface area contributed by atoms with E-state index >= 15 is 0 Å². The van der Waals surface area contributed by atoms with Crippen LogP contribution < -0.4 is 4.74 Å². The quantitative estimate of drug-likeness (QED) is 0.477. The molecule has 1 fully saturated rings. The first-order chi connectivity index (χ1) is 11.8. The van der Waals surface area contributed by atoms with Gasteiger partial charge in [0.05, 0.1) is 8.59 Å². The summed E-state index contributed by atoms with van der Waals surface area (Å²) in [6.07, 6.45) is -6.92. The Kier molecular flexibility index (Phi) is 5.32. The maximum atomic E-state index is 11.2. The third-order valence-electron chi connectivity index (χ3n) is 3.80. The number of rotatable bonds is 3. The van der Waals surface area contributed by atoms with E-state index in [4.69, 9.17) is 26.2 Å². The molecule has 1 unspecified atom stereocenters. The highest BCUT2D eigenvalue weighted by molar-refractivity contribution is 14.1. The fourth-order valence-electron chi connectivity index (χ4n) is 2.52. The minimum absolute atomic E-state index is 0.220. The number of aliphatic carboxylic acids is 1. The fourth-order valence-corrected chi connectivity index (χ4v) is 3.66. The molecular weight excluding hydrogens is 465 g/mol. The third-order valence-corrected chi connectivity index (χ3v) is 4.91. The van der Waals surface area contributed by atoms with Crippen LogP contribution in [-0.2, 0) is 9.53 Å². The van der Waals surface area contributed by atoms with Gasteiger partial charge in [0.2, 0.25) is 6.29 Å². The molecule has 5 atom stereocenters. The molecule has 1 aliphatic heterocycles. The van der Waals surface area contributed by atoms with E-state index in [-0.39, 0.29) is 5.75 Å². The molecule has 4 N–H and O–H groups in total. The number of carboxylic acid groups (broad SMARTS) is 1. The minimum atomic E-state index is -1.79. The van der Waals surface area contributed by atoms with Crippen molar-refractivity contribution in [3.05, 3.63) is 33.0 Å². The van der Waals surface area contributed by atoms with Gasteiger partial charge in [-0.1, -0.05) is 11.6 Å². The number of aliphatic hydroxyl groups is 3. The second-order valence-electron chi connectivity index (χ2n) is 5.42. The highest BCUT2D eigenvalue weighted by Crippen LogP contribution is 2.36. The van der Waals surface area contributed by atoms with E-state index in [1.165, 1.54) is 6.20 Å². The van der Waals surface area contributed by atoms with Gasteiger partial charge in [-0.15, -0.1) is 0 Å². The fraction of sp³-hybridized carbons (Fsp3) is 0.333. The molecule has 1 aromatic heterocycles. The van der Waals surface area contributed by atoms with Crippen molar-refractivity contribution in [2.24, 2.45) is 0 Å². The summed E-state index contributed by atoms with van der Waals surface area (Å²) < 4.78 is 11.3. The van der Waals surface area contributed by atoms with Crippen LogP contribution >= 0.6 is 34.2 Å². The average molecular weight is 478 g/mol. The molecule has 10 heteroatoms. The molecule has 0 saturated carbocycles. The number of hydrogen-bond acceptors (Lipinski definition) is 7. The second-order valence-corrected chi connectivity index (χ2v) is 6.99. The van der Waals surface area contributed by atoms with E-state index in [9.17, 15) is 20.1 Å². The summed E-state index contributed by atoms with van der Waals surface area (Å²) in [5.41, 5.74) is 0.391. The summed E-state index contributed by atoms with van der Waals surface area (Å²) in [7, 11) is 0. The molecule has 2 heterocycles. The van der Waals surface area contributed by atoms with Gasteiger partial charge in [0, 0.05) is 11.6 Å². The van der Waals surface area contributed by atoms with Crippen LogP contribution in [0.15, 0.2) is 24.4 Å². The number of carbonyl (C=O) groups is 1. The molecule has 0 bridgehead atoms. The first kappa shape index (κ1) is 18.5. The van der Waals surface area contributed by atoms with Crippen LogP contribution in [0.5, 0.6) is 5.75 Å². The molecular formula is C15H13ClINO7. The van der Waals surface area contributed by atoms with Crippen molar-refractivity contribution in [3.63, 3.8) is 0 Å². The topological polar surface area (TPSA) is 129 Å². The maximum absolute atomic E-state index is 11.2. The molecule has 1 aliphatic rings. The van der Waals surface area contributed by atoms with Crippen LogP contribution in [0.4, 0.5) is 0 Å². The number of aliphatic hydroxyl groups excluding tert-OH is 3. The normalized spacial score (nSPS) is 29.6. The Morgan fingerprint density at radius 1 is 1.28 bits per heavy atom. The molecule has 3 rings (SSSR count). The van der Waals surface area contributed by atoms with Crippen molar-refractivity contribution >= 4 is 51.1 Å². The Morgan fingerprint density at radius 2 is 2.00 bits per heavy atom. The zero-order chi connectivity index (χ0) is 18.3. The third kappa shape index (κ3) is 3.39. The largest absolute Gasteiger partial charge is 0.479 e. The second kappa shape index (κ2) is 7.17. The SMILES string of the molecule is O=C(O)[C@H]1OC(Oc2c([123I])cc(Cl)c3cccnc23)[C@H](O)[C@@H](O)[C@@H]1O. The van der Waals surface area contributed by atoms with Crippen LogP contribution in [0.3, 0.4) is 0 Å².